The largest absolute Gasteiger partial charge is 0.446 e. The molecule has 2 aliphatic carbocycles. The fraction of sp³-hybridized carbons (Fsp3) is 0.414. The SMILES string of the molecule is Cn1cc(-c2cnc(N(C(=O)OC3CC3)[C@H]3CC[C@H](Nc4ncc(C(F)(F)F)c(-c5cncc(S(C)(=O)=O)c5)n4)CC3)cn2)cn1. The second kappa shape index (κ2) is 12.3. The number of alkyl halides is 3. The van der Waals surface area contributed by atoms with Gasteiger partial charge in [-0.05, 0) is 44.6 Å². The second-order valence-electron chi connectivity index (χ2n) is 11.4. The van der Waals surface area contributed by atoms with Gasteiger partial charge in [0.05, 0.1) is 34.9 Å². The van der Waals surface area contributed by atoms with Crippen LogP contribution in [0.4, 0.5) is 29.7 Å². The molecule has 0 saturated heterocycles. The molecule has 4 heterocycles. The van der Waals surface area contributed by atoms with Crippen LogP contribution in [-0.2, 0) is 27.8 Å². The number of aromatic nitrogens is 7. The van der Waals surface area contributed by atoms with Crippen molar-refractivity contribution in [3.8, 4) is 22.5 Å². The zero-order valence-corrected chi connectivity index (χ0v) is 25.7. The van der Waals surface area contributed by atoms with Gasteiger partial charge in [-0.2, -0.15) is 18.3 Å². The number of halogens is 3. The Labute approximate surface area is 262 Å². The topological polar surface area (TPSA) is 158 Å². The molecular weight excluding hydrogens is 627 g/mol. The van der Waals surface area contributed by atoms with Crippen LogP contribution in [0, 0.1) is 0 Å². The molecule has 4 aromatic rings. The van der Waals surface area contributed by atoms with Crippen LogP contribution in [0.1, 0.15) is 44.1 Å². The molecule has 0 radical (unpaired) electrons. The van der Waals surface area contributed by atoms with Gasteiger partial charge in [0.25, 0.3) is 0 Å². The molecule has 6 rings (SSSR count). The van der Waals surface area contributed by atoms with Crippen molar-refractivity contribution in [3.63, 3.8) is 0 Å². The van der Waals surface area contributed by atoms with Crippen LogP contribution in [0.15, 0.2) is 54.3 Å². The number of carbonyl (C=O) groups excluding carboxylic acids is 1. The molecule has 0 atom stereocenters. The van der Waals surface area contributed by atoms with E-state index in [1.54, 1.807) is 24.1 Å². The summed E-state index contributed by atoms with van der Waals surface area (Å²) < 4.78 is 73.0. The van der Waals surface area contributed by atoms with Crippen molar-refractivity contribution in [2.24, 2.45) is 7.05 Å². The van der Waals surface area contributed by atoms with Gasteiger partial charge < -0.3 is 10.1 Å². The summed E-state index contributed by atoms with van der Waals surface area (Å²) in [6.07, 6.45) is 8.80. The van der Waals surface area contributed by atoms with Crippen LogP contribution in [0.25, 0.3) is 22.5 Å². The molecule has 2 saturated carbocycles. The first-order valence-corrected chi connectivity index (χ1v) is 16.4. The first kappa shape index (κ1) is 31.3. The average molecular weight is 658 g/mol. The molecule has 242 valence electrons. The van der Waals surface area contributed by atoms with Gasteiger partial charge in [-0.3, -0.25) is 19.5 Å². The van der Waals surface area contributed by atoms with Crippen LogP contribution in [-0.4, -0.2) is 73.7 Å². The Kier molecular flexibility index (Phi) is 8.35. The summed E-state index contributed by atoms with van der Waals surface area (Å²) in [7, 11) is -1.92. The Bertz CT molecular complexity index is 1840. The van der Waals surface area contributed by atoms with Crippen molar-refractivity contribution in [2.75, 3.05) is 16.5 Å². The average Bonchev–Trinajstić information content (AvgIpc) is 3.73. The number of carbonyl (C=O) groups is 1. The Morgan fingerprint density at radius 1 is 0.978 bits per heavy atom. The molecule has 1 amide bonds. The number of hydrogen-bond donors (Lipinski definition) is 1. The molecule has 17 heteroatoms. The number of nitrogens with one attached hydrogen (secondary N) is 1. The van der Waals surface area contributed by atoms with Crippen LogP contribution < -0.4 is 10.2 Å². The van der Waals surface area contributed by atoms with Crippen molar-refractivity contribution in [2.45, 2.75) is 67.8 Å². The summed E-state index contributed by atoms with van der Waals surface area (Å²) in [4.78, 5) is 35.4. The zero-order valence-electron chi connectivity index (χ0n) is 24.8. The molecule has 0 unspecified atom stereocenters. The maximum Gasteiger partial charge on any atom is 0.419 e. The van der Waals surface area contributed by atoms with Gasteiger partial charge in [0, 0.05) is 61.3 Å². The van der Waals surface area contributed by atoms with E-state index in [9.17, 15) is 26.4 Å². The van der Waals surface area contributed by atoms with E-state index < -0.39 is 33.4 Å². The van der Waals surface area contributed by atoms with Crippen LogP contribution in [0.5, 0.6) is 0 Å². The lowest BCUT2D eigenvalue weighted by Crippen LogP contribution is -2.45. The third kappa shape index (κ3) is 7.08. The van der Waals surface area contributed by atoms with Crippen molar-refractivity contribution in [1.82, 2.24) is 34.7 Å². The number of nitrogens with zero attached hydrogens (tertiary/aromatic N) is 8. The number of hydrogen-bond acceptors (Lipinski definition) is 11. The highest BCUT2D eigenvalue weighted by Gasteiger charge is 2.37. The van der Waals surface area contributed by atoms with Crippen LogP contribution >= 0.6 is 0 Å². The van der Waals surface area contributed by atoms with E-state index in [1.165, 1.54) is 11.1 Å². The molecule has 0 bridgehead atoms. The van der Waals surface area contributed by atoms with Gasteiger partial charge in [-0.1, -0.05) is 0 Å². The Hall–Kier alpha value is -4.67. The number of rotatable bonds is 8. The monoisotopic (exact) mass is 657 g/mol. The Morgan fingerprint density at radius 2 is 1.74 bits per heavy atom. The third-order valence-corrected chi connectivity index (χ3v) is 8.86. The van der Waals surface area contributed by atoms with Gasteiger partial charge in [-0.25, -0.2) is 28.2 Å². The van der Waals surface area contributed by atoms with Gasteiger partial charge in [0.1, 0.15) is 11.7 Å². The maximum absolute atomic E-state index is 13.9. The lowest BCUT2D eigenvalue weighted by atomic mass is 9.90. The van der Waals surface area contributed by atoms with E-state index in [0.29, 0.717) is 43.4 Å². The summed E-state index contributed by atoms with van der Waals surface area (Å²) in [6, 6.07) is 0.648. The highest BCUT2D eigenvalue weighted by molar-refractivity contribution is 7.90. The number of pyridine rings is 1. The van der Waals surface area contributed by atoms with E-state index in [1.807, 2.05) is 6.20 Å². The number of anilines is 2. The molecule has 46 heavy (non-hydrogen) atoms. The highest BCUT2D eigenvalue weighted by atomic mass is 32.2. The minimum atomic E-state index is -4.79. The third-order valence-electron chi connectivity index (χ3n) is 7.78. The quantitative estimate of drug-likeness (QED) is 0.281. The molecule has 1 N–H and O–H groups in total. The number of amides is 1. The second-order valence-corrected chi connectivity index (χ2v) is 13.4. The lowest BCUT2D eigenvalue weighted by molar-refractivity contribution is -0.137. The predicted molar refractivity (Wildman–Crippen MR) is 159 cm³/mol. The highest BCUT2D eigenvalue weighted by Crippen LogP contribution is 2.37. The molecule has 0 spiro atoms. The van der Waals surface area contributed by atoms with Crippen molar-refractivity contribution < 1.29 is 31.1 Å². The first-order valence-electron chi connectivity index (χ1n) is 14.5. The van der Waals surface area contributed by atoms with Crippen LogP contribution in [0.3, 0.4) is 0 Å². The predicted octanol–water partition coefficient (Wildman–Crippen LogP) is 4.68. The van der Waals surface area contributed by atoms with Gasteiger partial charge >= 0.3 is 12.3 Å². The summed E-state index contributed by atoms with van der Waals surface area (Å²) in [6.45, 7) is 0. The summed E-state index contributed by atoms with van der Waals surface area (Å²) in [5.41, 5.74) is -0.318. The molecule has 2 aliphatic rings. The Balaban J connectivity index is 1.19. The fourth-order valence-corrected chi connectivity index (χ4v) is 5.85. The lowest BCUT2D eigenvalue weighted by Gasteiger charge is -2.35. The molecular formula is C29H30F3N9O4S. The molecule has 0 aliphatic heterocycles. The van der Waals surface area contributed by atoms with Crippen molar-refractivity contribution in [1.29, 1.82) is 0 Å². The zero-order chi connectivity index (χ0) is 32.6. The Morgan fingerprint density at radius 3 is 2.35 bits per heavy atom. The van der Waals surface area contributed by atoms with E-state index in [2.05, 4.69) is 35.3 Å². The molecule has 0 aromatic carbocycles. The van der Waals surface area contributed by atoms with E-state index in [0.717, 1.165) is 43.1 Å². The standard InChI is InChI=1S/C29H30F3N9O4S/c1-40-16-18(11-37-40)24-14-35-25(15-34-24)41(28(42)45-21-7-8-21)20-5-3-19(4-6-20)38-27-36-13-23(29(30,31)32)26(39-27)17-9-22(12-33-10-17)46(2,43)44/h9-16,19-21H,3-8H2,1-2H3,(H,36,38,39)/t19-,20-. The van der Waals surface area contributed by atoms with Gasteiger partial charge in [0.2, 0.25) is 5.95 Å². The van der Waals surface area contributed by atoms with Gasteiger partial charge in [-0.15, -0.1) is 0 Å². The van der Waals surface area contributed by atoms with E-state index in [-0.39, 0.29) is 34.6 Å². The van der Waals surface area contributed by atoms with Crippen molar-refractivity contribution in [3.05, 3.63) is 55.0 Å². The van der Waals surface area contributed by atoms with E-state index >= 15 is 0 Å². The number of ether oxygens (including phenoxy) is 1. The summed E-state index contributed by atoms with van der Waals surface area (Å²) in [5.74, 6) is 0.313. The molecule has 2 fully saturated rings. The van der Waals surface area contributed by atoms with Crippen molar-refractivity contribution >= 4 is 27.7 Å². The van der Waals surface area contributed by atoms with Crippen LogP contribution in [0.2, 0.25) is 0 Å². The molecule has 4 aromatic heterocycles. The fourth-order valence-electron chi connectivity index (χ4n) is 5.25. The normalized spacial score (nSPS) is 18.6. The molecule has 13 nitrogen and oxygen atoms in total. The smallest absolute Gasteiger partial charge is 0.419 e. The minimum absolute atomic E-state index is 0.0435. The van der Waals surface area contributed by atoms with Gasteiger partial charge in [0.15, 0.2) is 15.7 Å². The maximum atomic E-state index is 13.9. The minimum Gasteiger partial charge on any atom is -0.446 e. The number of sulfone groups is 1. The summed E-state index contributed by atoms with van der Waals surface area (Å²) in [5, 5.41) is 7.27. The number of aryl methyl sites for hydroxylation is 1. The first-order chi connectivity index (χ1) is 21.8. The van der Waals surface area contributed by atoms with E-state index in [4.69, 9.17) is 4.74 Å². The summed E-state index contributed by atoms with van der Waals surface area (Å²) >= 11 is 0.